The molecule has 0 radical (unpaired) electrons. The Bertz CT molecular complexity index is 2180. The van der Waals surface area contributed by atoms with Gasteiger partial charge in [-0.25, -0.2) is 9.97 Å². The summed E-state index contributed by atoms with van der Waals surface area (Å²) in [5.41, 5.74) is 16.2. The smallest absolute Gasteiger partial charge is 0.354 e. The topological polar surface area (TPSA) is 57.4 Å². The molecule has 3 aromatic heterocycles. The number of rotatable bonds is 4. The van der Waals surface area contributed by atoms with Crippen LogP contribution in [0.3, 0.4) is 0 Å². The van der Waals surface area contributed by atoms with Gasteiger partial charge < -0.3 is 9.97 Å². The number of fused-ring (bicyclic) bond motifs is 8. The van der Waals surface area contributed by atoms with E-state index >= 15 is 0 Å². The number of aromatic amines is 2. The van der Waals surface area contributed by atoms with Crippen LogP contribution in [0.15, 0.2) is 146 Å². The molecule has 2 aliphatic rings. The number of benzene rings is 4. The van der Waals surface area contributed by atoms with E-state index in [1.54, 1.807) is 0 Å². The maximum Gasteiger partial charge on any atom is 5.00 e. The molecule has 0 aliphatic carbocycles. The minimum atomic E-state index is 0. The van der Waals surface area contributed by atoms with Crippen LogP contribution in [0.4, 0.5) is 0 Å². The minimum Gasteiger partial charge on any atom is -0.354 e. The Kier molecular flexibility index (Phi) is 8.17. The van der Waals surface area contributed by atoms with Crippen LogP contribution >= 0.6 is 0 Å². The summed E-state index contributed by atoms with van der Waals surface area (Å²) in [5, 5.41) is 0. The predicted octanol–water partition coefficient (Wildman–Crippen LogP) is 10.9. The molecule has 0 saturated heterocycles. The zero-order chi connectivity index (χ0) is 31.9. The average Bonchev–Trinajstić information content (AvgIpc) is 3.98. The largest absolute Gasteiger partial charge is 5.00 e. The van der Waals surface area contributed by atoms with Gasteiger partial charge in [0, 0.05) is 44.3 Å². The fourth-order valence-electron chi connectivity index (χ4n) is 6.84. The van der Waals surface area contributed by atoms with Gasteiger partial charge in [0.15, 0.2) is 0 Å². The Labute approximate surface area is 302 Å². The molecular weight excluding hydrogens is 706 g/mol. The maximum absolute atomic E-state index is 5.35. The van der Waals surface area contributed by atoms with E-state index in [-0.39, 0.29) is 24.4 Å². The number of aromatic nitrogens is 4. The van der Waals surface area contributed by atoms with Gasteiger partial charge in [0.2, 0.25) is 0 Å². The van der Waals surface area contributed by atoms with Crippen molar-refractivity contribution in [3.8, 4) is 44.5 Å². The fraction of sp³-hybridized carbons (Fsp3) is 0. The Morgan fingerprint density at radius 3 is 0.735 bits per heavy atom. The van der Waals surface area contributed by atoms with Crippen LogP contribution in [-0.2, 0) is 0 Å². The second-order valence-electron chi connectivity index (χ2n) is 12.0. The Morgan fingerprint density at radius 2 is 0.510 bits per heavy atom. The van der Waals surface area contributed by atoms with Gasteiger partial charge in [-0.15, -0.1) is 0 Å². The van der Waals surface area contributed by atoms with E-state index in [0.29, 0.717) is 0 Å². The van der Waals surface area contributed by atoms with Crippen LogP contribution in [0.25, 0.3) is 90.9 Å². The van der Waals surface area contributed by atoms with Gasteiger partial charge >= 0.3 is 24.4 Å². The van der Waals surface area contributed by atoms with Gasteiger partial charge in [-0.1, -0.05) is 121 Å². The molecule has 5 heterocycles. The maximum atomic E-state index is 5.35. The van der Waals surface area contributed by atoms with E-state index < -0.39 is 0 Å². The van der Waals surface area contributed by atoms with Crippen molar-refractivity contribution in [2.45, 2.75) is 0 Å². The standard InChI is InChI=1S/C44H30N4.Sb/c1-5-13-29(14-6-1)41-33-21-23-35(45-33)42(30-15-7-2-8-16-30)37-25-27-39(47-37)44(32-19-11-4-12-20-32)40-28-26-38(48-40)43(31-17-9-3-10-18-31)36-24-22-34(41)46-36;/h1-28,45,48H;/q;+5. The summed E-state index contributed by atoms with van der Waals surface area (Å²) in [7, 11) is 0. The summed E-state index contributed by atoms with van der Waals surface area (Å²) in [6, 6.07) is 50.7. The third-order valence-electron chi connectivity index (χ3n) is 9.00. The zero-order valence-corrected chi connectivity index (χ0v) is 29.1. The Morgan fingerprint density at radius 1 is 0.286 bits per heavy atom. The monoisotopic (exact) mass is 735 g/mol. The number of nitrogens with zero attached hydrogens (tertiary/aromatic N) is 2. The van der Waals surface area contributed by atoms with Crippen molar-refractivity contribution in [1.29, 1.82) is 0 Å². The molecule has 0 spiro atoms. The van der Waals surface area contributed by atoms with Crippen molar-refractivity contribution in [2.75, 3.05) is 0 Å². The van der Waals surface area contributed by atoms with Gasteiger partial charge in [-0.2, -0.15) is 0 Å². The van der Waals surface area contributed by atoms with Crippen molar-refractivity contribution < 1.29 is 0 Å². The fourth-order valence-corrected chi connectivity index (χ4v) is 6.84. The number of H-pyrrole nitrogens is 2. The minimum absolute atomic E-state index is 0. The number of nitrogens with one attached hydrogen (secondary N) is 2. The Balaban J connectivity index is 0.00000348. The molecular formula is C44H30N4Sb+5. The summed E-state index contributed by atoms with van der Waals surface area (Å²) >= 11 is 0. The molecule has 2 aliphatic heterocycles. The molecule has 7 aromatic rings. The first-order valence-electron chi connectivity index (χ1n) is 16.2. The van der Waals surface area contributed by atoms with E-state index in [9.17, 15) is 0 Å². The first-order chi connectivity index (χ1) is 23.8. The normalized spacial score (nSPS) is 11.8. The number of hydrogen-bond donors (Lipinski definition) is 2. The third-order valence-corrected chi connectivity index (χ3v) is 9.00. The summed E-state index contributed by atoms with van der Waals surface area (Å²) in [6.07, 6.45) is 8.54. The second-order valence-corrected chi connectivity index (χ2v) is 12.0. The van der Waals surface area contributed by atoms with Gasteiger partial charge in [-0.05, 0) is 70.8 Å². The van der Waals surface area contributed by atoms with Crippen LogP contribution < -0.4 is 0 Å². The summed E-state index contributed by atoms with van der Waals surface area (Å²) in [6.45, 7) is 0. The van der Waals surface area contributed by atoms with Crippen molar-refractivity contribution in [3.05, 3.63) is 168 Å². The predicted molar refractivity (Wildman–Crippen MR) is 206 cm³/mol. The summed E-state index contributed by atoms with van der Waals surface area (Å²) < 4.78 is 0. The molecule has 9 rings (SSSR count). The molecule has 4 nitrogen and oxygen atoms in total. The Hall–Kier alpha value is -5.70. The van der Waals surface area contributed by atoms with Crippen molar-refractivity contribution in [3.63, 3.8) is 0 Å². The van der Waals surface area contributed by atoms with Crippen LogP contribution in [0.2, 0.25) is 0 Å². The van der Waals surface area contributed by atoms with E-state index in [2.05, 4.69) is 156 Å². The van der Waals surface area contributed by atoms with Crippen LogP contribution in [0.1, 0.15) is 22.8 Å². The number of hydrogen-bond acceptors (Lipinski definition) is 2. The van der Waals surface area contributed by atoms with E-state index in [4.69, 9.17) is 9.97 Å². The molecule has 0 fully saturated rings. The molecule has 2 N–H and O–H groups in total. The SMILES string of the molecule is C1=Cc2nc1c(-c1ccccc1)c1ccc([nH]1)c(-c1ccccc1)c1nc(c(-c3ccccc3)c3ccc([nH]3)c2-c2ccccc2)C=C1.[Sb+5]. The third kappa shape index (κ3) is 5.65. The van der Waals surface area contributed by atoms with Crippen LogP contribution in [0, 0.1) is 0 Å². The van der Waals surface area contributed by atoms with E-state index in [0.717, 1.165) is 89.4 Å². The summed E-state index contributed by atoms with van der Waals surface area (Å²) in [4.78, 5) is 18.3. The van der Waals surface area contributed by atoms with Crippen LogP contribution in [0.5, 0.6) is 0 Å². The molecule has 8 bridgehead atoms. The quantitative estimate of drug-likeness (QED) is 0.177. The summed E-state index contributed by atoms with van der Waals surface area (Å²) in [5.74, 6) is 0. The van der Waals surface area contributed by atoms with E-state index in [1.807, 2.05) is 24.3 Å². The molecule has 49 heavy (non-hydrogen) atoms. The molecule has 5 heteroatoms. The molecule has 0 atom stereocenters. The molecule has 0 saturated carbocycles. The average molecular weight is 737 g/mol. The molecule has 4 aromatic carbocycles. The van der Waals surface area contributed by atoms with Crippen molar-refractivity contribution in [1.82, 2.24) is 19.9 Å². The first kappa shape index (κ1) is 30.6. The molecule has 0 amide bonds. The molecule has 0 unspecified atom stereocenters. The zero-order valence-electron chi connectivity index (χ0n) is 26.5. The van der Waals surface area contributed by atoms with Crippen molar-refractivity contribution in [2.24, 2.45) is 0 Å². The van der Waals surface area contributed by atoms with Gasteiger partial charge in [0.25, 0.3) is 0 Å². The van der Waals surface area contributed by atoms with Gasteiger partial charge in [0.1, 0.15) is 0 Å². The van der Waals surface area contributed by atoms with Crippen LogP contribution in [-0.4, -0.2) is 44.4 Å². The first-order valence-corrected chi connectivity index (χ1v) is 16.2. The van der Waals surface area contributed by atoms with Gasteiger partial charge in [0.05, 0.1) is 22.8 Å². The molecule has 226 valence electrons. The van der Waals surface area contributed by atoms with E-state index in [1.165, 1.54) is 0 Å². The van der Waals surface area contributed by atoms with Crippen molar-refractivity contribution >= 4 is 70.8 Å². The van der Waals surface area contributed by atoms with Gasteiger partial charge in [-0.3, -0.25) is 0 Å². The second kappa shape index (κ2) is 13.1.